The molecule has 1 aromatic heterocycles. The fourth-order valence-electron chi connectivity index (χ4n) is 2.50. The van der Waals surface area contributed by atoms with Gasteiger partial charge in [0.25, 0.3) is 0 Å². The molecule has 0 radical (unpaired) electrons. The molecule has 1 aliphatic rings. The molecule has 5 nitrogen and oxygen atoms in total. The van der Waals surface area contributed by atoms with E-state index in [0.717, 1.165) is 30.7 Å². The van der Waals surface area contributed by atoms with Gasteiger partial charge in [-0.2, -0.15) is 0 Å². The Bertz CT molecular complexity index is 564. The highest BCUT2D eigenvalue weighted by Crippen LogP contribution is 2.28. The molecule has 18 heavy (non-hydrogen) atoms. The summed E-state index contributed by atoms with van der Waals surface area (Å²) in [7, 11) is 0. The minimum atomic E-state index is 0.228. The van der Waals surface area contributed by atoms with Gasteiger partial charge in [0.15, 0.2) is 0 Å². The molecule has 0 bridgehead atoms. The number of fused-ring (bicyclic) bond motifs is 1. The number of benzene rings is 1. The summed E-state index contributed by atoms with van der Waals surface area (Å²) in [5.41, 5.74) is 8.51. The summed E-state index contributed by atoms with van der Waals surface area (Å²) in [6, 6.07) is 7.19. The van der Waals surface area contributed by atoms with Gasteiger partial charge in [0.2, 0.25) is 0 Å². The number of phenols is 1. The van der Waals surface area contributed by atoms with E-state index in [2.05, 4.69) is 10.3 Å². The number of nitrogens with two attached hydrogens (primary N) is 1. The average Bonchev–Trinajstić information content (AvgIpc) is 2.82. The van der Waals surface area contributed by atoms with E-state index in [-0.39, 0.29) is 5.75 Å². The highest BCUT2D eigenvalue weighted by Gasteiger charge is 2.24. The predicted octanol–water partition coefficient (Wildman–Crippen LogP) is 1.04. The van der Waals surface area contributed by atoms with Crippen LogP contribution in [-0.4, -0.2) is 26.6 Å². The van der Waals surface area contributed by atoms with Crippen LogP contribution in [0.2, 0.25) is 0 Å². The Labute approximate surface area is 105 Å². The van der Waals surface area contributed by atoms with E-state index < -0.39 is 0 Å². The summed E-state index contributed by atoms with van der Waals surface area (Å²) < 4.78 is 1.75. The van der Waals surface area contributed by atoms with Crippen LogP contribution >= 0.6 is 0 Å². The van der Waals surface area contributed by atoms with E-state index in [0.29, 0.717) is 18.2 Å². The number of aromatic hydroxyl groups is 1. The minimum Gasteiger partial charge on any atom is -0.506 e. The molecule has 0 saturated carbocycles. The topological polar surface area (TPSA) is 77.0 Å². The van der Waals surface area contributed by atoms with Gasteiger partial charge in [-0.05, 0) is 43.9 Å². The number of hydrogen-bond acceptors (Lipinski definition) is 4. The molecule has 5 heteroatoms. The van der Waals surface area contributed by atoms with Crippen molar-refractivity contribution in [2.45, 2.75) is 19.3 Å². The maximum absolute atomic E-state index is 9.87. The van der Waals surface area contributed by atoms with Crippen molar-refractivity contribution in [3.63, 3.8) is 0 Å². The maximum atomic E-state index is 9.87. The van der Waals surface area contributed by atoms with Gasteiger partial charge in [-0.1, -0.05) is 17.3 Å². The van der Waals surface area contributed by atoms with Crippen LogP contribution in [0.25, 0.3) is 5.69 Å². The average molecular weight is 244 g/mol. The molecule has 2 aromatic rings. The highest BCUT2D eigenvalue weighted by molar-refractivity contribution is 5.46. The standard InChI is InChI=1S/C13H16N4O/c14-8-9-5-6-11-10(7-9)15-16-17(11)12-3-1-2-4-13(12)18/h1-4,9,18H,5-8,14H2. The second-order valence-corrected chi connectivity index (χ2v) is 4.73. The van der Waals surface area contributed by atoms with Crippen molar-refractivity contribution >= 4 is 0 Å². The summed E-state index contributed by atoms with van der Waals surface area (Å²) in [5.74, 6) is 0.734. The molecule has 3 rings (SSSR count). The van der Waals surface area contributed by atoms with Crippen molar-refractivity contribution in [3.8, 4) is 11.4 Å². The highest BCUT2D eigenvalue weighted by atomic mass is 16.3. The quantitative estimate of drug-likeness (QED) is 0.827. The van der Waals surface area contributed by atoms with Crippen molar-refractivity contribution < 1.29 is 5.11 Å². The zero-order valence-electron chi connectivity index (χ0n) is 10.1. The van der Waals surface area contributed by atoms with Crippen LogP contribution in [-0.2, 0) is 12.8 Å². The number of rotatable bonds is 2. The van der Waals surface area contributed by atoms with Gasteiger partial charge in [0.1, 0.15) is 11.4 Å². The van der Waals surface area contributed by atoms with Crippen LogP contribution in [0.3, 0.4) is 0 Å². The lowest BCUT2D eigenvalue weighted by Crippen LogP contribution is -2.23. The Morgan fingerprint density at radius 3 is 3.00 bits per heavy atom. The van der Waals surface area contributed by atoms with Gasteiger partial charge in [-0.3, -0.25) is 0 Å². The van der Waals surface area contributed by atoms with Crippen molar-refractivity contribution in [2.24, 2.45) is 11.7 Å². The second-order valence-electron chi connectivity index (χ2n) is 4.73. The normalized spacial score (nSPS) is 18.6. The molecular formula is C13H16N4O. The summed E-state index contributed by atoms with van der Waals surface area (Å²) in [4.78, 5) is 0. The number of hydrogen-bond donors (Lipinski definition) is 2. The zero-order valence-corrected chi connectivity index (χ0v) is 10.1. The third-order valence-electron chi connectivity index (χ3n) is 3.56. The Balaban J connectivity index is 2.01. The lowest BCUT2D eigenvalue weighted by molar-refractivity contribution is 0.453. The minimum absolute atomic E-state index is 0.228. The third-order valence-corrected chi connectivity index (χ3v) is 3.56. The molecule has 1 aromatic carbocycles. The van der Waals surface area contributed by atoms with Gasteiger partial charge in [-0.25, -0.2) is 4.68 Å². The number of nitrogens with zero attached hydrogens (tertiary/aromatic N) is 3. The van der Waals surface area contributed by atoms with Crippen LogP contribution in [0.4, 0.5) is 0 Å². The van der Waals surface area contributed by atoms with E-state index >= 15 is 0 Å². The van der Waals surface area contributed by atoms with Gasteiger partial charge in [0.05, 0.1) is 11.4 Å². The Kier molecular flexibility index (Phi) is 2.76. The first-order valence-electron chi connectivity index (χ1n) is 6.21. The molecule has 1 atom stereocenters. The van der Waals surface area contributed by atoms with Crippen LogP contribution in [0.1, 0.15) is 17.8 Å². The molecule has 3 N–H and O–H groups in total. The smallest absolute Gasteiger partial charge is 0.141 e. The van der Waals surface area contributed by atoms with Crippen molar-refractivity contribution in [3.05, 3.63) is 35.7 Å². The van der Waals surface area contributed by atoms with E-state index in [1.165, 1.54) is 0 Å². The monoisotopic (exact) mass is 244 g/mol. The van der Waals surface area contributed by atoms with E-state index in [1.807, 2.05) is 12.1 Å². The lowest BCUT2D eigenvalue weighted by Gasteiger charge is -2.20. The number of phenolic OH excluding ortho intramolecular Hbond substituents is 1. The predicted molar refractivity (Wildman–Crippen MR) is 67.6 cm³/mol. The molecule has 1 heterocycles. The fourth-order valence-corrected chi connectivity index (χ4v) is 2.50. The van der Waals surface area contributed by atoms with Crippen molar-refractivity contribution in [1.29, 1.82) is 0 Å². The largest absolute Gasteiger partial charge is 0.506 e. The van der Waals surface area contributed by atoms with Gasteiger partial charge in [0, 0.05) is 0 Å². The first-order valence-corrected chi connectivity index (χ1v) is 6.21. The number of para-hydroxylation sites is 2. The van der Waals surface area contributed by atoms with E-state index in [9.17, 15) is 5.11 Å². The van der Waals surface area contributed by atoms with Gasteiger partial charge in [-0.15, -0.1) is 5.10 Å². The van der Waals surface area contributed by atoms with Crippen LogP contribution in [0, 0.1) is 5.92 Å². The van der Waals surface area contributed by atoms with Crippen LogP contribution < -0.4 is 5.73 Å². The Morgan fingerprint density at radius 1 is 1.39 bits per heavy atom. The first-order chi connectivity index (χ1) is 8.79. The summed E-state index contributed by atoms with van der Waals surface area (Å²) in [6.07, 6.45) is 2.86. The lowest BCUT2D eigenvalue weighted by atomic mass is 9.90. The summed E-state index contributed by atoms with van der Waals surface area (Å²) >= 11 is 0. The fraction of sp³-hybridized carbons (Fsp3) is 0.385. The molecule has 0 spiro atoms. The second kappa shape index (κ2) is 4.42. The molecule has 0 aliphatic heterocycles. The van der Waals surface area contributed by atoms with Gasteiger partial charge >= 0.3 is 0 Å². The van der Waals surface area contributed by atoms with Crippen molar-refractivity contribution in [2.75, 3.05) is 6.54 Å². The van der Waals surface area contributed by atoms with Crippen LogP contribution in [0.15, 0.2) is 24.3 Å². The molecule has 94 valence electrons. The third kappa shape index (κ3) is 1.76. The SMILES string of the molecule is NCC1CCc2c(nnn2-c2ccccc2O)C1. The molecule has 1 unspecified atom stereocenters. The Morgan fingerprint density at radius 2 is 2.22 bits per heavy atom. The molecular weight excluding hydrogens is 228 g/mol. The molecule has 0 amide bonds. The summed E-state index contributed by atoms with van der Waals surface area (Å²) in [5, 5.41) is 18.3. The van der Waals surface area contributed by atoms with E-state index in [1.54, 1.807) is 16.8 Å². The molecule has 1 aliphatic carbocycles. The first kappa shape index (κ1) is 11.2. The van der Waals surface area contributed by atoms with Crippen molar-refractivity contribution in [1.82, 2.24) is 15.0 Å². The molecule has 0 fully saturated rings. The van der Waals surface area contributed by atoms with Crippen LogP contribution in [0.5, 0.6) is 5.75 Å². The maximum Gasteiger partial charge on any atom is 0.141 e. The van der Waals surface area contributed by atoms with E-state index in [4.69, 9.17) is 5.73 Å². The molecule has 0 saturated heterocycles. The van der Waals surface area contributed by atoms with Gasteiger partial charge < -0.3 is 10.8 Å². The Hall–Kier alpha value is -1.88. The number of aromatic nitrogens is 3. The zero-order chi connectivity index (χ0) is 12.5. The summed E-state index contributed by atoms with van der Waals surface area (Å²) in [6.45, 7) is 0.697.